The van der Waals surface area contributed by atoms with E-state index in [2.05, 4.69) is 25.3 Å². The van der Waals surface area contributed by atoms with Gasteiger partial charge in [-0.15, -0.1) is 0 Å². The van der Waals surface area contributed by atoms with E-state index in [0.29, 0.717) is 5.82 Å². The van der Waals surface area contributed by atoms with Gasteiger partial charge in [0.1, 0.15) is 12.1 Å². The zero-order chi connectivity index (χ0) is 9.80. The van der Waals surface area contributed by atoms with E-state index < -0.39 is 0 Å². The first-order valence-electron chi connectivity index (χ1n) is 4.16. The molecule has 0 radical (unpaired) electrons. The maximum Gasteiger partial charge on any atom is 0.148 e. The number of aromatic nitrogens is 4. The minimum Gasteiger partial charge on any atom is -0.336 e. The Kier molecular flexibility index (Phi) is 2.31. The van der Waals surface area contributed by atoms with Crippen molar-refractivity contribution in [3.8, 4) is 0 Å². The van der Waals surface area contributed by atoms with E-state index in [4.69, 9.17) is 0 Å². The number of rotatable bonds is 2. The molecule has 70 valence electrons. The van der Waals surface area contributed by atoms with Crippen LogP contribution in [0.25, 0.3) is 0 Å². The van der Waals surface area contributed by atoms with Crippen molar-refractivity contribution in [2.24, 2.45) is 0 Å². The SMILES string of the molecule is Cc1ncncc1Nc1cnccn1. The summed E-state index contributed by atoms with van der Waals surface area (Å²) < 4.78 is 0. The number of hydrogen-bond donors (Lipinski definition) is 1. The van der Waals surface area contributed by atoms with Gasteiger partial charge in [0, 0.05) is 12.4 Å². The first-order chi connectivity index (χ1) is 6.86. The lowest BCUT2D eigenvalue weighted by Crippen LogP contribution is -1.97. The molecule has 0 atom stereocenters. The van der Waals surface area contributed by atoms with Gasteiger partial charge in [-0.25, -0.2) is 15.0 Å². The fraction of sp³-hybridized carbons (Fsp3) is 0.111. The minimum atomic E-state index is 0.686. The van der Waals surface area contributed by atoms with E-state index in [1.807, 2.05) is 6.92 Å². The highest BCUT2D eigenvalue weighted by molar-refractivity contribution is 5.55. The second kappa shape index (κ2) is 3.78. The molecule has 0 spiro atoms. The van der Waals surface area contributed by atoms with Crippen LogP contribution < -0.4 is 5.32 Å². The van der Waals surface area contributed by atoms with Crippen LogP contribution in [0.3, 0.4) is 0 Å². The normalized spacial score (nSPS) is 9.79. The summed E-state index contributed by atoms with van der Waals surface area (Å²) in [6, 6.07) is 0. The summed E-state index contributed by atoms with van der Waals surface area (Å²) in [7, 11) is 0. The zero-order valence-electron chi connectivity index (χ0n) is 7.68. The molecule has 0 saturated heterocycles. The second-order valence-electron chi connectivity index (χ2n) is 2.74. The predicted octanol–water partition coefficient (Wildman–Crippen LogP) is 1.32. The average Bonchev–Trinajstić information content (AvgIpc) is 2.23. The van der Waals surface area contributed by atoms with Crippen molar-refractivity contribution < 1.29 is 0 Å². The molecule has 2 aromatic rings. The van der Waals surface area contributed by atoms with E-state index in [-0.39, 0.29) is 0 Å². The molecule has 5 nitrogen and oxygen atoms in total. The summed E-state index contributed by atoms with van der Waals surface area (Å²) in [5.41, 5.74) is 1.72. The summed E-state index contributed by atoms with van der Waals surface area (Å²) in [6.07, 6.45) is 8.11. The molecule has 2 rings (SSSR count). The van der Waals surface area contributed by atoms with Crippen molar-refractivity contribution in [3.05, 3.63) is 36.8 Å². The number of anilines is 2. The molecule has 0 aliphatic rings. The molecule has 0 saturated carbocycles. The molecule has 0 bridgehead atoms. The molecule has 0 unspecified atom stereocenters. The lowest BCUT2D eigenvalue weighted by molar-refractivity contribution is 1.09. The quantitative estimate of drug-likeness (QED) is 0.768. The number of aryl methyl sites for hydroxylation is 1. The Hall–Kier alpha value is -2.04. The average molecular weight is 187 g/mol. The van der Waals surface area contributed by atoms with Crippen LogP contribution in [-0.4, -0.2) is 19.9 Å². The van der Waals surface area contributed by atoms with Gasteiger partial charge >= 0.3 is 0 Å². The highest BCUT2D eigenvalue weighted by Gasteiger charge is 1.99. The standard InChI is InChI=1S/C9H9N5/c1-7-8(4-11-6-13-7)14-9-5-10-2-3-12-9/h2-6H,1H3,(H,12,14). The van der Waals surface area contributed by atoms with Crippen LogP contribution in [-0.2, 0) is 0 Å². The second-order valence-corrected chi connectivity index (χ2v) is 2.74. The van der Waals surface area contributed by atoms with E-state index in [1.54, 1.807) is 24.8 Å². The van der Waals surface area contributed by atoms with E-state index in [1.165, 1.54) is 6.33 Å². The van der Waals surface area contributed by atoms with Gasteiger partial charge in [-0.2, -0.15) is 0 Å². The van der Waals surface area contributed by atoms with E-state index >= 15 is 0 Å². The molecule has 14 heavy (non-hydrogen) atoms. The number of nitrogens with zero attached hydrogens (tertiary/aromatic N) is 4. The molecular formula is C9H9N5. The fourth-order valence-electron chi connectivity index (χ4n) is 1.02. The third-order valence-electron chi connectivity index (χ3n) is 1.74. The zero-order valence-corrected chi connectivity index (χ0v) is 7.68. The predicted molar refractivity (Wildman–Crippen MR) is 52.1 cm³/mol. The largest absolute Gasteiger partial charge is 0.336 e. The van der Waals surface area contributed by atoms with Crippen LogP contribution in [0.2, 0.25) is 0 Å². The van der Waals surface area contributed by atoms with Gasteiger partial charge in [-0.3, -0.25) is 4.98 Å². The monoisotopic (exact) mass is 187 g/mol. The maximum absolute atomic E-state index is 4.09. The van der Waals surface area contributed by atoms with E-state index in [9.17, 15) is 0 Å². The molecule has 0 aliphatic heterocycles. The van der Waals surface area contributed by atoms with Crippen LogP contribution in [0.15, 0.2) is 31.1 Å². The molecule has 2 heterocycles. The third kappa shape index (κ3) is 1.82. The van der Waals surface area contributed by atoms with Gasteiger partial charge in [0.2, 0.25) is 0 Å². The minimum absolute atomic E-state index is 0.686. The molecule has 1 N–H and O–H groups in total. The molecule has 2 aromatic heterocycles. The summed E-state index contributed by atoms with van der Waals surface area (Å²) in [6.45, 7) is 1.90. The summed E-state index contributed by atoms with van der Waals surface area (Å²) in [4.78, 5) is 16.0. The summed E-state index contributed by atoms with van der Waals surface area (Å²) >= 11 is 0. The summed E-state index contributed by atoms with van der Waals surface area (Å²) in [5.74, 6) is 0.686. The maximum atomic E-state index is 4.09. The Morgan fingerprint density at radius 2 is 2.00 bits per heavy atom. The van der Waals surface area contributed by atoms with Gasteiger partial charge in [-0.05, 0) is 6.92 Å². The third-order valence-corrected chi connectivity index (χ3v) is 1.74. The highest BCUT2D eigenvalue weighted by atomic mass is 15.0. The fourth-order valence-corrected chi connectivity index (χ4v) is 1.02. The smallest absolute Gasteiger partial charge is 0.148 e. The van der Waals surface area contributed by atoms with Crippen molar-refractivity contribution in [2.75, 3.05) is 5.32 Å². The molecule has 0 fully saturated rings. The van der Waals surface area contributed by atoms with Gasteiger partial charge in [0.15, 0.2) is 0 Å². The number of nitrogens with one attached hydrogen (secondary N) is 1. The molecular weight excluding hydrogens is 178 g/mol. The molecule has 0 aliphatic carbocycles. The van der Waals surface area contributed by atoms with Crippen LogP contribution in [0.4, 0.5) is 11.5 Å². The Morgan fingerprint density at radius 1 is 1.07 bits per heavy atom. The lowest BCUT2D eigenvalue weighted by atomic mass is 10.4. The Balaban J connectivity index is 2.24. The van der Waals surface area contributed by atoms with Crippen LogP contribution in [0.1, 0.15) is 5.69 Å². The first-order valence-corrected chi connectivity index (χ1v) is 4.16. The van der Waals surface area contributed by atoms with Crippen LogP contribution >= 0.6 is 0 Å². The molecule has 0 aromatic carbocycles. The lowest BCUT2D eigenvalue weighted by Gasteiger charge is -2.05. The van der Waals surface area contributed by atoms with Crippen LogP contribution in [0, 0.1) is 6.92 Å². The molecule has 5 heteroatoms. The Morgan fingerprint density at radius 3 is 2.71 bits per heavy atom. The van der Waals surface area contributed by atoms with Crippen molar-refractivity contribution in [1.29, 1.82) is 0 Å². The van der Waals surface area contributed by atoms with Gasteiger partial charge in [-0.1, -0.05) is 0 Å². The van der Waals surface area contributed by atoms with Crippen molar-refractivity contribution >= 4 is 11.5 Å². The number of hydrogen-bond acceptors (Lipinski definition) is 5. The first kappa shape index (κ1) is 8.55. The van der Waals surface area contributed by atoms with Gasteiger partial charge < -0.3 is 5.32 Å². The Bertz CT molecular complexity index is 415. The van der Waals surface area contributed by atoms with Crippen molar-refractivity contribution in [3.63, 3.8) is 0 Å². The topological polar surface area (TPSA) is 63.6 Å². The van der Waals surface area contributed by atoms with Gasteiger partial charge in [0.05, 0.1) is 23.8 Å². The van der Waals surface area contributed by atoms with E-state index in [0.717, 1.165) is 11.4 Å². The van der Waals surface area contributed by atoms with Gasteiger partial charge in [0.25, 0.3) is 0 Å². The van der Waals surface area contributed by atoms with Crippen molar-refractivity contribution in [1.82, 2.24) is 19.9 Å². The van der Waals surface area contributed by atoms with Crippen LogP contribution in [0.5, 0.6) is 0 Å². The Labute approximate surface area is 81.3 Å². The summed E-state index contributed by atoms with van der Waals surface area (Å²) in [5, 5.41) is 3.07. The highest BCUT2D eigenvalue weighted by Crippen LogP contribution is 2.13. The molecule has 0 amide bonds. The van der Waals surface area contributed by atoms with Crippen molar-refractivity contribution in [2.45, 2.75) is 6.92 Å².